The summed E-state index contributed by atoms with van der Waals surface area (Å²) in [5, 5.41) is 0. The Morgan fingerprint density at radius 1 is 0.882 bits per heavy atom. The van der Waals surface area contributed by atoms with E-state index >= 15 is 0 Å². The molecule has 0 unspecified atom stereocenters. The standard InChI is InChI=1S/C14H15NO2/c1-16-12-5-3-4-10(8-12)11-6-7-13(15)14(9-11)17-2/h3-9H,15H2,1-2H3. The quantitative estimate of drug-likeness (QED) is 0.823. The van der Waals surface area contributed by atoms with Crippen molar-refractivity contribution in [3.8, 4) is 22.6 Å². The predicted octanol–water partition coefficient (Wildman–Crippen LogP) is 2.95. The van der Waals surface area contributed by atoms with Gasteiger partial charge in [0.05, 0.1) is 19.9 Å². The molecule has 0 bridgehead atoms. The number of anilines is 1. The summed E-state index contributed by atoms with van der Waals surface area (Å²) in [5.41, 5.74) is 8.55. The summed E-state index contributed by atoms with van der Waals surface area (Å²) in [6.07, 6.45) is 0. The van der Waals surface area contributed by atoms with Gasteiger partial charge in [-0.1, -0.05) is 18.2 Å². The van der Waals surface area contributed by atoms with Crippen molar-refractivity contribution < 1.29 is 9.47 Å². The van der Waals surface area contributed by atoms with Crippen molar-refractivity contribution in [1.29, 1.82) is 0 Å². The molecule has 2 N–H and O–H groups in total. The highest BCUT2D eigenvalue weighted by Crippen LogP contribution is 2.30. The van der Waals surface area contributed by atoms with E-state index in [4.69, 9.17) is 15.2 Å². The van der Waals surface area contributed by atoms with E-state index in [1.54, 1.807) is 14.2 Å². The second-order valence-corrected chi connectivity index (χ2v) is 3.69. The molecule has 0 aliphatic rings. The van der Waals surface area contributed by atoms with E-state index in [9.17, 15) is 0 Å². The Bertz CT molecular complexity index is 523. The summed E-state index contributed by atoms with van der Waals surface area (Å²) >= 11 is 0. The van der Waals surface area contributed by atoms with Gasteiger partial charge in [-0.05, 0) is 35.4 Å². The largest absolute Gasteiger partial charge is 0.497 e. The second-order valence-electron chi connectivity index (χ2n) is 3.69. The first-order valence-corrected chi connectivity index (χ1v) is 5.32. The first-order chi connectivity index (χ1) is 8.24. The van der Waals surface area contributed by atoms with Gasteiger partial charge in [0, 0.05) is 0 Å². The molecule has 0 saturated heterocycles. The number of hydrogen-bond acceptors (Lipinski definition) is 3. The van der Waals surface area contributed by atoms with E-state index in [1.165, 1.54) is 0 Å². The zero-order chi connectivity index (χ0) is 12.3. The molecule has 0 saturated carbocycles. The van der Waals surface area contributed by atoms with E-state index in [1.807, 2.05) is 42.5 Å². The van der Waals surface area contributed by atoms with Crippen molar-refractivity contribution in [2.45, 2.75) is 0 Å². The van der Waals surface area contributed by atoms with Crippen LogP contribution in [0, 0.1) is 0 Å². The molecule has 3 nitrogen and oxygen atoms in total. The lowest BCUT2D eigenvalue weighted by atomic mass is 10.0. The van der Waals surface area contributed by atoms with Crippen molar-refractivity contribution in [2.24, 2.45) is 0 Å². The molecule has 2 aromatic carbocycles. The molecule has 0 radical (unpaired) electrons. The predicted molar refractivity (Wildman–Crippen MR) is 69.4 cm³/mol. The van der Waals surface area contributed by atoms with Gasteiger partial charge >= 0.3 is 0 Å². The van der Waals surface area contributed by atoms with Gasteiger partial charge in [-0.25, -0.2) is 0 Å². The van der Waals surface area contributed by atoms with Crippen LogP contribution in [0.15, 0.2) is 42.5 Å². The molecule has 0 aromatic heterocycles. The molecule has 3 heteroatoms. The molecule has 88 valence electrons. The van der Waals surface area contributed by atoms with Crippen molar-refractivity contribution in [3.05, 3.63) is 42.5 Å². The van der Waals surface area contributed by atoms with Gasteiger partial charge in [-0.3, -0.25) is 0 Å². The van der Waals surface area contributed by atoms with E-state index in [0.29, 0.717) is 11.4 Å². The Hall–Kier alpha value is -2.16. The summed E-state index contributed by atoms with van der Waals surface area (Å²) in [6.45, 7) is 0. The molecule has 0 amide bonds. The number of hydrogen-bond donors (Lipinski definition) is 1. The number of ether oxygens (including phenoxy) is 2. The Labute approximate surface area is 101 Å². The highest BCUT2D eigenvalue weighted by Gasteiger charge is 2.04. The third-order valence-corrected chi connectivity index (χ3v) is 2.64. The molecule has 0 fully saturated rings. The van der Waals surface area contributed by atoms with Crippen LogP contribution in [-0.2, 0) is 0 Å². The van der Waals surface area contributed by atoms with E-state index in [0.717, 1.165) is 16.9 Å². The Balaban J connectivity index is 2.45. The molecular weight excluding hydrogens is 214 g/mol. The maximum absolute atomic E-state index is 5.78. The van der Waals surface area contributed by atoms with Crippen LogP contribution < -0.4 is 15.2 Å². The van der Waals surface area contributed by atoms with Crippen LogP contribution >= 0.6 is 0 Å². The first kappa shape index (κ1) is 11.3. The van der Waals surface area contributed by atoms with Crippen LogP contribution in [0.3, 0.4) is 0 Å². The number of benzene rings is 2. The minimum atomic E-state index is 0.638. The lowest BCUT2D eigenvalue weighted by Crippen LogP contribution is -1.92. The van der Waals surface area contributed by atoms with Crippen LogP contribution in [0.25, 0.3) is 11.1 Å². The van der Waals surface area contributed by atoms with Gasteiger partial charge in [0.2, 0.25) is 0 Å². The molecular formula is C14H15NO2. The topological polar surface area (TPSA) is 44.5 Å². The van der Waals surface area contributed by atoms with Crippen molar-refractivity contribution >= 4 is 5.69 Å². The van der Waals surface area contributed by atoms with Gasteiger partial charge in [0.15, 0.2) is 0 Å². The fourth-order valence-corrected chi connectivity index (χ4v) is 1.69. The average Bonchev–Trinajstić information content (AvgIpc) is 2.39. The Morgan fingerprint density at radius 3 is 2.35 bits per heavy atom. The maximum Gasteiger partial charge on any atom is 0.142 e. The number of rotatable bonds is 3. The summed E-state index contributed by atoms with van der Waals surface area (Å²) in [4.78, 5) is 0. The average molecular weight is 229 g/mol. The van der Waals surface area contributed by atoms with Gasteiger partial charge < -0.3 is 15.2 Å². The van der Waals surface area contributed by atoms with E-state index in [-0.39, 0.29) is 0 Å². The third-order valence-electron chi connectivity index (χ3n) is 2.64. The minimum absolute atomic E-state index is 0.638. The van der Waals surface area contributed by atoms with Crippen LogP contribution in [0.1, 0.15) is 0 Å². The molecule has 0 aliphatic carbocycles. The zero-order valence-corrected chi connectivity index (χ0v) is 9.94. The Morgan fingerprint density at radius 2 is 1.65 bits per heavy atom. The molecule has 2 rings (SSSR count). The Kier molecular flexibility index (Phi) is 3.19. The molecule has 2 aromatic rings. The van der Waals surface area contributed by atoms with E-state index < -0.39 is 0 Å². The molecule has 17 heavy (non-hydrogen) atoms. The number of nitrogens with two attached hydrogens (primary N) is 1. The number of methoxy groups -OCH3 is 2. The summed E-state index contributed by atoms with van der Waals surface area (Å²) in [6, 6.07) is 13.6. The van der Waals surface area contributed by atoms with Gasteiger partial charge in [-0.15, -0.1) is 0 Å². The van der Waals surface area contributed by atoms with Crippen LogP contribution in [0.4, 0.5) is 5.69 Å². The first-order valence-electron chi connectivity index (χ1n) is 5.32. The van der Waals surface area contributed by atoms with Crippen LogP contribution in [0.5, 0.6) is 11.5 Å². The monoisotopic (exact) mass is 229 g/mol. The van der Waals surface area contributed by atoms with Gasteiger partial charge in [0.25, 0.3) is 0 Å². The summed E-state index contributed by atoms with van der Waals surface area (Å²) < 4.78 is 10.4. The summed E-state index contributed by atoms with van der Waals surface area (Å²) in [5.74, 6) is 1.52. The maximum atomic E-state index is 5.78. The van der Waals surface area contributed by atoms with Crippen molar-refractivity contribution in [3.63, 3.8) is 0 Å². The van der Waals surface area contributed by atoms with Gasteiger partial charge in [-0.2, -0.15) is 0 Å². The summed E-state index contributed by atoms with van der Waals surface area (Å²) in [7, 11) is 3.27. The van der Waals surface area contributed by atoms with E-state index in [2.05, 4.69) is 0 Å². The second kappa shape index (κ2) is 4.78. The fraction of sp³-hybridized carbons (Fsp3) is 0.143. The van der Waals surface area contributed by atoms with Gasteiger partial charge in [0.1, 0.15) is 11.5 Å². The zero-order valence-electron chi connectivity index (χ0n) is 9.94. The fourth-order valence-electron chi connectivity index (χ4n) is 1.69. The lowest BCUT2D eigenvalue weighted by molar-refractivity contribution is 0.415. The number of nitrogen functional groups attached to an aromatic ring is 1. The van der Waals surface area contributed by atoms with Crippen molar-refractivity contribution in [2.75, 3.05) is 20.0 Å². The van der Waals surface area contributed by atoms with Crippen LogP contribution in [0.2, 0.25) is 0 Å². The van der Waals surface area contributed by atoms with Crippen LogP contribution in [-0.4, -0.2) is 14.2 Å². The molecule has 0 heterocycles. The lowest BCUT2D eigenvalue weighted by Gasteiger charge is -2.08. The van der Waals surface area contributed by atoms with Crippen molar-refractivity contribution in [1.82, 2.24) is 0 Å². The SMILES string of the molecule is COc1cccc(-c2ccc(N)c(OC)c2)c1. The highest BCUT2D eigenvalue weighted by molar-refractivity contribution is 5.70. The molecule has 0 atom stereocenters. The normalized spacial score (nSPS) is 10.0. The minimum Gasteiger partial charge on any atom is -0.497 e. The molecule has 0 aliphatic heterocycles. The third kappa shape index (κ3) is 2.33. The highest BCUT2D eigenvalue weighted by atomic mass is 16.5. The smallest absolute Gasteiger partial charge is 0.142 e. The molecule has 0 spiro atoms.